The molecule has 0 bridgehead atoms. The first-order valence-corrected chi connectivity index (χ1v) is 8.74. The van der Waals surface area contributed by atoms with Gasteiger partial charge in [-0.15, -0.1) is 11.8 Å². The second-order valence-electron chi connectivity index (χ2n) is 4.95. The van der Waals surface area contributed by atoms with E-state index in [0.29, 0.717) is 5.56 Å². The molecule has 0 radical (unpaired) electrons. The highest BCUT2D eigenvalue weighted by atomic mass is 35.5. The molecule has 0 fully saturated rings. The van der Waals surface area contributed by atoms with E-state index >= 15 is 0 Å². The van der Waals surface area contributed by atoms with E-state index in [1.165, 1.54) is 17.8 Å². The molecule has 0 aliphatic heterocycles. The molecule has 1 unspecified atom stereocenters. The molecule has 0 amide bonds. The Kier molecular flexibility index (Phi) is 6.23. The van der Waals surface area contributed by atoms with E-state index in [0.717, 1.165) is 23.1 Å². The Morgan fingerprint density at radius 2 is 1.71 bits per heavy atom. The standard InChI is InChI=1S/C17H12Cl2F4S/c1-24-12-4-2-3-10(7-12)5-6-13(17(21,22)23)11-8-14(18)16(20)15(19)9-11/h2-9,13H,1H3/b6-5+. The van der Waals surface area contributed by atoms with Crippen LogP contribution >= 0.6 is 35.0 Å². The summed E-state index contributed by atoms with van der Waals surface area (Å²) in [6.45, 7) is 0. The minimum absolute atomic E-state index is 0.212. The van der Waals surface area contributed by atoms with Crippen molar-refractivity contribution in [2.75, 3.05) is 6.26 Å². The van der Waals surface area contributed by atoms with Gasteiger partial charge in [-0.25, -0.2) is 4.39 Å². The lowest BCUT2D eigenvalue weighted by Gasteiger charge is -2.18. The third kappa shape index (κ3) is 4.68. The van der Waals surface area contributed by atoms with Gasteiger partial charge < -0.3 is 0 Å². The van der Waals surface area contributed by atoms with Crippen molar-refractivity contribution in [2.24, 2.45) is 0 Å². The summed E-state index contributed by atoms with van der Waals surface area (Å²) in [6.07, 6.45) is -0.287. The van der Waals surface area contributed by atoms with Gasteiger partial charge in [-0.2, -0.15) is 13.2 Å². The zero-order valence-electron chi connectivity index (χ0n) is 12.4. The van der Waals surface area contributed by atoms with Crippen LogP contribution in [0.5, 0.6) is 0 Å². The van der Waals surface area contributed by atoms with Crippen molar-refractivity contribution < 1.29 is 17.6 Å². The van der Waals surface area contributed by atoms with Crippen LogP contribution in [0.1, 0.15) is 17.0 Å². The van der Waals surface area contributed by atoms with Crippen LogP contribution in [-0.2, 0) is 0 Å². The molecule has 0 aromatic heterocycles. The average molecular weight is 395 g/mol. The highest BCUT2D eigenvalue weighted by molar-refractivity contribution is 7.98. The quantitative estimate of drug-likeness (QED) is 0.299. The monoisotopic (exact) mass is 394 g/mol. The van der Waals surface area contributed by atoms with Crippen molar-refractivity contribution in [3.8, 4) is 0 Å². The molecule has 1 atom stereocenters. The van der Waals surface area contributed by atoms with Crippen molar-refractivity contribution in [1.82, 2.24) is 0 Å². The summed E-state index contributed by atoms with van der Waals surface area (Å²) in [5, 5.41) is -0.880. The summed E-state index contributed by atoms with van der Waals surface area (Å²) in [5.74, 6) is -2.87. The smallest absolute Gasteiger partial charge is 0.204 e. The maximum atomic E-state index is 13.4. The van der Waals surface area contributed by atoms with E-state index < -0.39 is 28.0 Å². The van der Waals surface area contributed by atoms with Crippen LogP contribution in [0.2, 0.25) is 10.0 Å². The highest BCUT2D eigenvalue weighted by Crippen LogP contribution is 2.39. The first kappa shape index (κ1) is 19.2. The van der Waals surface area contributed by atoms with Gasteiger partial charge in [0.25, 0.3) is 0 Å². The van der Waals surface area contributed by atoms with Gasteiger partial charge in [-0.3, -0.25) is 0 Å². The van der Waals surface area contributed by atoms with E-state index in [4.69, 9.17) is 23.2 Å². The number of hydrogen-bond acceptors (Lipinski definition) is 1. The molecule has 2 rings (SSSR count). The molecule has 0 saturated carbocycles. The van der Waals surface area contributed by atoms with E-state index in [-0.39, 0.29) is 5.56 Å². The number of thioether (sulfide) groups is 1. The van der Waals surface area contributed by atoms with Crippen LogP contribution in [0, 0.1) is 5.82 Å². The van der Waals surface area contributed by atoms with E-state index in [1.54, 1.807) is 18.2 Å². The second-order valence-corrected chi connectivity index (χ2v) is 6.65. The summed E-state index contributed by atoms with van der Waals surface area (Å²) in [6, 6.07) is 9.00. The van der Waals surface area contributed by atoms with E-state index in [2.05, 4.69) is 0 Å². The normalized spacial score (nSPS) is 13.5. The van der Waals surface area contributed by atoms with E-state index in [1.807, 2.05) is 12.3 Å². The van der Waals surface area contributed by atoms with Crippen LogP contribution in [-0.4, -0.2) is 12.4 Å². The van der Waals surface area contributed by atoms with E-state index in [9.17, 15) is 17.6 Å². The van der Waals surface area contributed by atoms with Crippen LogP contribution in [0.15, 0.2) is 47.4 Å². The van der Waals surface area contributed by atoms with Gasteiger partial charge in [0, 0.05) is 4.90 Å². The summed E-state index contributed by atoms with van der Waals surface area (Å²) < 4.78 is 53.6. The third-order valence-corrected chi connectivity index (χ3v) is 4.57. The number of rotatable bonds is 4. The van der Waals surface area contributed by atoms with Gasteiger partial charge in [0.2, 0.25) is 0 Å². The highest BCUT2D eigenvalue weighted by Gasteiger charge is 2.39. The van der Waals surface area contributed by atoms with Gasteiger partial charge >= 0.3 is 6.18 Å². The summed E-state index contributed by atoms with van der Waals surface area (Å²) in [7, 11) is 0. The predicted octanol–water partition coefficient (Wildman–Crippen LogP) is 7.21. The van der Waals surface area contributed by atoms with Crippen LogP contribution in [0.4, 0.5) is 17.6 Å². The fourth-order valence-electron chi connectivity index (χ4n) is 2.12. The molecule has 0 nitrogen and oxygen atoms in total. The molecule has 0 aliphatic carbocycles. The molecule has 0 spiro atoms. The maximum Gasteiger partial charge on any atom is 0.399 e. The van der Waals surface area contributed by atoms with Crippen molar-refractivity contribution in [1.29, 1.82) is 0 Å². The topological polar surface area (TPSA) is 0 Å². The number of benzene rings is 2. The molecule has 2 aromatic carbocycles. The first-order valence-electron chi connectivity index (χ1n) is 6.76. The second kappa shape index (κ2) is 7.81. The molecule has 2 aromatic rings. The Bertz CT molecular complexity index is 733. The lowest BCUT2D eigenvalue weighted by molar-refractivity contribution is -0.139. The van der Waals surface area contributed by atoms with Gasteiger partial charge in [0.15, 0.2) is 5.82 Å². The lowest BCUT2D eigenvalue weighted by atomic mass is 9.97. The molecular formula is C17H12Cl2F4S. The number of allylic oxidation sites excluding steroid dienone is 1. The largest absolute Gasteiger partial charge is 0.399 e. The van der Waals surface area contributed by atoms with Crippen LogP contribution < -0.4 is 0 Å². The SMILES string of the molecule is CSc1cccc(/C=C/C(c2cc(Cl)c(F)c(Cl)c2)C(F)(F)F)c1. The van der Waals surface area contributed by atoms with Crippen molar-refractivity contribution in [3.05, 3.63) is 69.5 Å². The minimum atomic E-state index is -4.56. The summed E-state index contributed by atoms with van der Waals surface area (Å²) >= 11 is 12.7. The Morgan fingerprint density at radius 1 is 1.08 bits per heavy atom. The molecule has 128 valence electrons. The lowest BCUT2D eigenvalue weighted by Crippen LogP contribution is -2.19. The Labute approximate surface area is 151 Å². The average Bonchev–Trinajstić information content (AvgIpc) is 2.51. The molecule has 24 heavy (non-hydrogen) atoms. The third-order valence-electron chi connectivity index (χ3n) is 3.29. The fraction of sp³-hybridized carbons (Fsp3) is 0.176. The zero-order chi connectivity index (χ0) is 17.9. The molecule has 0 aliphatic rings. The fourth-order valence-corrected chi connectivity index (χ4v) is 3.09. The summed E-state index contributed by atoms with van der Waals surface area (Å²) in [4.78, 5) is 0.938. The zero-order valence-corrected chi connectivity index (χ0v) is 14.7. The van der Waals surface area contributed by atoms with Gasteiger partial charge in [-0.05, 0) is 41.6 Å². The Morgan fingerprint density at radius 3 is 2.25 bits per heavy atom. The molecule has 0 N–H and O–H groups in total. The molecular weight excluding hydrogens is 383 g/mol. The first-order chi connectivity index (χ1) is 11.2. The van der Waals surface area contributed by atoms with Crippen LogP contribution in [0.25, 0.3) is 6.08 Å². The Hall–Kier alpha value is -1.17. The van der Waals surface area contributed by atoms with Crippen molar-refractivity contribution in [3.63, 3.8) is 0 Å². The van der Waals surface area contributed by atoms with Gasteiger partial charge in [0.05, 0.1) is 16.0 Å². The van der Waals surface area contributed by atoms with Gasteiger partial charge in [-0.1, -0.05) is 47.5 Å². The maximum absolute atomic E-state index is 13.4. The number of alkyl halides is 3. The summed E-state index contributed by atoms with van der Waals surface area (Å²) in [5.41, 5.74) is 0.423. The Balaban J connectivity index is 2.41. The number of halogens is 6. The van der Waals surface area contributed by atoms with Crippen molar-refractivity contribution in [2.45, 2.75) is 17.0 Å². The minimum Gasteiger partial charge on any atom is -0.204 e. The van der Waals surface area contributed by atoms with Gasteiger partial charge in [0.1, 0.15) is 0 Å². The molecule has 7 heteroatoms. The number of hydrogen-bond donors (Lipinski definition) is 0. The molecule has 0 saturated heterocycles. The van der Waals surface area contributed by atoms with Crippen molar-refractivity contribution >= 4 is 41.0 Å². The molecule has 0 heterocycles. The predicted molar refractivity (Wildman–Crippen MR) is 92.5 cm³/mol. The van der Waals surface area contributed by atoms with Crippen LogP contribution in [0.3, 0.4) is 0 Å².